The van der Waals surface area contributed by atoms with Crippen LogP contribution in [0.4, 0.5) is 0 Å². The number of esters is 4. The van der Waals surface area contributed by atoms with Crippen molar-refractivity contribution in [3.8, 4) is 23.0 Å². The molecule has 0 fully saturated rings. The number of carbonyl (C=O) groups excluding carboxylic acids is 4. The van der Waals surface area contributed by atoms with Crippen molar-refractivity contribution in [2.75, 3.05) is 0 Å². The van der Waals surface area contributed by atoms with Crippen molar-refractivity contribution >= 4 is 30.0 Å². The van der Waals surface area contributed by atoms with Crippen LogP contribution in [0.3, 0.4) is 0 Å². The first-order valence-electron chi connectivity index (χ1n) is 10.2. The quantitative estimate of drug-likeness (QED) is 0.186. The van der Waals surface area contributed by atoms with Gasteiger partial charge in [-0.05, 0) is 41.5 Å². The molecule has 0 amide bonds. The Kier molecular flexibility index (Phi) is 10.2. The van der Waals surface area contributed by atoms with Crippen LogP contribution in [0.25, 0.3) is 6.08 Å². The van der Waals surface area contributed by atoms with Crippen molar-refractivity contribution < 1.29 is 42.9 Å². The fourth-order valence-electron chi connectivity index (χ4n) is 2.51. The van der Waals surface area contributed by atoms with E-state index >= 15 is 0 Å². The minimum Gasteiger partial charge on any atom is -0.496 e. The van der Waals surface area contributed by atoms with Gasteiger partial charge in [0.15, 0.2) is 11.5 Å². The standard InChI is InChI=1S/C27H22O9/c1-5-24(28)33-20-13-19(14-21(16-20)34-25(29)6-2)17-32-12-11-18-9-10-22(35-26(30)7-3)23(15-18)36-27(31)8-4/h5-16H,1-4,17H2/b12-11+. The molecule has 2 aromatic carbocycles. The van der Waals surface area contributed by atoms with E-state index in [1.54, 1.807) is 12.1 Å². The number of hydrogen-bond acceptors (Lipinski definition) is 9. The topological polar surface area (TPSA) is 114 Å². The Hall–Kier alpha value is -5.18. The lowest BCUT2D eigenvalue weighted by Crippen LogP contribution is -2.08. The van der Waals surface area contributed by atoms with Gasteiger partial charge in [0.2, 0.25) is 0 Å². The van der Waals surface area contributed by atoms with Gasteiger partial charge in [-0.15, -0.1) is 0 Å². The third-order valence-corrected chi connectivity index (χ3v) is 4.04. The molecule has 0 aliphatic heterocycles. The van der Waals surface area contributed by atoms with Crippen LogP contribution >= 0.6 is 0 Å². The Morgan fingerprint density at radius 1 is 0.639 bits per heavy atom. The highest BCUT2D eigenvalue weighted by atomic mass is 16.6. The SMILES string of the molecule is C=CC(=O)Oc1cc(CO/C=C/c2ccc(OC(=O)C=C)c(OC(=O)C=C)c2)cc(OC(=O)C=C)c1. The Morgan fingerprint density at radius 2 is 1.14 bits per heavy atom. The van der Waals surface area contributed by atoms with Crippen LogP contribution in [-0.4, -0.2) is 23.9 Å². The van der Waals surface area contributed by atoms with Gasteiger partial charge in [0.05, 0.1) is 6.26 Å². The monoisotopic (exact) mass is 490 g/mol. The maximum atomic E-state index is 11.6. The molecule has 0 atom stereocenters. The lowest BCUT2D eigenvalue weighted by Gasteiger charge is -2.10. The molecule has 9 nitrogen and oxygen atoms in total. The fourth-order valence-corrected chi connectivity index (χ4v) is 2.51. The normalized spacial score (nSPS) is 10.0. The number of benzene rings is 2. The number of hydrogen-bond donors (Lipinski definition) is 0. The lowest BCUT2D eigenvalue weighted by molar-refractivity contribution is -0.131. The first kappa shape index (κ1) is 27.1. The maximum absolute atomic E-state index is 11.6. The molecule has 0 aromatic heterocycles. The van der Waals surface area contributed by atoms with Crippen molar-refractivity contribution in [3.63, 3.8) is 0 Å². The van der Waals surface area contributed by atoms with Gasteiger partial charge in [-0.1, -0.05) is 32.4 Å². The third kappa shape index (κ3) is 8.64. The molecular weight excluding hydrogens is 468 g/mol. The van der Waals surface area contributed by atoms with Crippen LogP contribution < -0.4 is 18.9 Å². The van der Waals surface area contributed by atoms with Crippen molar-refractivity contribution in [2.24, 2.45) is 0 Å². The van der Waals surface area contributed by atoms with Gasteiger partial charge in [0, 0.05) is 30.4 Å². The Bertz CT molecular complexity index is 1200. The molecule has 9 heteroatoms. The van der Waals surface area contributed by atoms with Crippen LogP contribution in [0, 0.1) is 0 Å². The van der Waals surface area contributed by atoms with Crippen molar-refractivity contribution in [1.29, 1.82) is 0 Å². The van der Waals surface area contributed by atoms with Crippen molar-refractivity contribution in [1.82, 2.24) is 0 Å². The van der Waals surface area contributed by atoms with Crippen LogP contribution in [-0.2, 0) is 30.5 Å². The highest BCUT2D eigenvalue weighted by Gasteiger charge is 2.12. The van der Waals surface area contributed by atoms with E-state index in [0.29, 0.717) is 11.1 Å². The van der Waals surface area contributed by atoms with Crippen LogP contribution in [0.2, 0.25) is 0 Å². The van der Waals surface area contributed by atoms with E-state index in [2.05, 4.69) is 26.3 Å². The minimum atomic E-state index is -0.742. The molecule has 36 heavy (non-hydrogen) atoms. The first-order valence-corrected chi connectivity index (χ1v) is 10.2. The summed E-state index contributed by atoms with van der Waals surface area (Å²) in [5.74, 6) is -2.60. The van der Waals surface area contributed by atoms with E-state index in [4.69, 9.17) is 23.7 Å². The fraction of sp³-hybridized carbons (Fsp3) is 0.0370. The molecule has 2 rings (SSSR count). The molecule has 0 unspecified atom stereocenters. The van der Waals surface area contributed by atoms with E-state index < -0.39 is 23.9 Å². The smallest absolute Gasteiger partial charge is 0.335 e. The summed E-state index contributed by atoms with van der Waals surface area (Å²) < 4.78 is 25.9. The molecule has 0 spiro atoms. The van der Waals surface area contributed by atoms with Crippen molar-refractivity contribution in [2.45, 2.75) is 6.61 Å². The summed E-state index contributed by atoms with van der Waals surface area (Å²) in [5, 5.41) is 0. The molecular formula is C27H22O9. The third-order valence-electron chi connectivity index (χ3n) is 4.04. The molecule has 0 heterocycles. The molecule has 0 radical (unpaired) electrons. The minimum absolute atomic E-state index is 0.0114. The summed E-state index contributed by atoms with van der Waals surface area (Å²) in [6.45, 7) is 13.3. The Morgan fingerprint density at radius 3 is 1.67 bits per heavy atom. The molecule has 0 N–H and O–H groups in total. The molecule has 0 bridgehead atoms. The second-order valence-corrected chi connectivity index (χ2v) is 6.63. The van der Waals surface area contributed by atoms with Gasteiger partial charge in [-0.3, -0.25) is 0 Å². The van der Waals surface area contributed by atoms with E-state index in [9.17, 15) is 19.2 Å². The average molecular weight is 490 g/mol. The average Bonchev–Trinajstić information content (AvgIpc) is 2.87. The lowest BCUT2D eigenvalue weighted by atomic mass is 10.2. The van der Waals surface area contributed by atoms with Crippen molar-refractivity contribution in [3.05, 3.63) is 104 Å². The number of rotatable bonds is 12. The predicted molar refractivity (Wildman–Crippen MR) is 130 cm³/mol. The summed E-state index contributed by atoms with van der Waals surface area (Å²) in [6.07, 6.45) is 6.84. The zero-order valence-corrected chi connectivity index (χ0v) is 19.1. The van der Waals surface area contributed by atoms with Gasteiger partial charge in [0.25, 0.3) is 0 Å². The van der Waals surface area contributed by atoms with Crippen LogP contribution in [0.15, 0.2) is 93.3 Å². The largest absolute Gasteiger partial charge is 0.496 e. The van der Waals surface area contributed by atoms with E-state index in [1.165, 1.54) is 36.6 Å². The van der Waals surface area contributed by atoms with Gasteiger partial charge in [-0.2, -0.15) is 0 Å². The molecule has 184 valence electrons. The Labute approximate surface area is 207 Å². The zero-order chi connectivity index (χ0) is 26.5. The van der Waals surface area contributed by atoms with Gasteiger partial charge in [-0.25, -0.2) is 19.2 Å². The number of carbonyl (C=O) groups is 4. The zero-order valence-electron chi connectivity index (χ0n) is 19.1. The first-order chi connectivity index (χ1) is 17.3. The molecule has 0 aliphatic carbocycles. The summed E-state index contributed by atoms with van der Waals surface area (Å²) in [7, 11) is 0. The Balaban J connectivity index is 2.18. The van der Waals surface area contributed by atoms with Gasteiger partial charge in [0.1, 0.15) is 18.1 Å². The highest BCUT2D eigenvalue weighted by molar-refractivity contribution is 5.86. The molecule has 0 saturated heterocycles. The molecule has 0 saturated carbocycles. The van der Waals surface area contributed by atoms with E-state index in [1.807, 2.05) is 0 Å². The van der Waals surface area contributed by atoms with Gasteiger partial charge >= 0.3 is 23.9 Å². The molecule has 2 aromatic rings. The van der Waals surface area contributed by atoms with Gasteiger partial charge < -0.3 is 23.7 Å². The van der Waals surface area contributed by atoms with Crippen LogP contribution in [0.5, 0.6) is 23.0 Å². The van der Waals surface area contributed by atoms with E-state index in [0.717, 1.165) is 24.3 Å². The van der Waals surface area contributed by atoms with E-state index in [-0.39, 0.29) is 29.6 Å². The maximum Gasteiger partial charge on any atom is 0.335 e. The summed E-state index contributed by atoms with van der Waals surface area (Å²) in [6, 6.07) is 8.89. The second-order valence-electron chi connectivity index (χ2n) is 6.63. The molecule has 0 aliphatic rings. The summed E-state index contributed by atoms with van der Waals surface area (Å²) >= 11 is 0. The number of ether oxygens (including phenoxy) is 5. The predicted octanol–water partition coefficient (Wildman–Crippen LogP) is 4.24. The summed E-state index contributed by atoms with van der Waals surface area (Å²) in [5.41, 5.74) is 1.07. The highest BCUT2D eigenvalue weighted by Crippen LogP contribution is 2.30. The summed E-state index contributed by atoms with van der Waals surface area (Å²) in [4.78, 5) is 46.2. The van der Waals surface area contributed by atoms with Crippen LogP contribution in [0.1, 0.15) is 11.1 Å². The second kappa shape index (κ2) is 13.5.